The molecule has 0 aliphatic rings. The van der Waals surface area contributed by atoms with Gasteiger partial charge in [0.25, 0.3) is 0 Å². The number of carbonyl (C=O) groups is 1. The van der Waals surface area contributed by atoms with Crippen molar-refractivity contribution in [3.8, 4) is 11.4 Å². The maximum absolute atomic E-state index is 11.9. The largest absolute Gasteiger partial charge is 0.494 e. The smallest absolute Gasteiger partial charge is 0.220 e. The molecule has 0 bridgehead atoms. The normalized spacial score (nSPS) is 10.5. The number of aromatic nitrogens is 2. The second kappa shape index (κ2) is 9.06. The van der Waals surface area contributed by atoms with E-state index in [0.29, 0.717) is 31.0 Å². The summed E-state index contributed by atoms with van der Waals surface area (Å²) in [4.78, 5) is 11.9. The van der Waals surface area contributed by atoms with Gasteiger partial charge in [-0.15, -0.1) is 0 Å². The molecule has 0 saturated carbocycles. The molecule has 0 fully saturated rings. The topological polar surface area (TPSA) is 56.1 Å². The molecule has 1 amide bonds. The average Bonchev–Trinajstić information content (AvgIpc) is 3.14. The predicted octanol–water partition coefficient (Wildman–Crippen LogP) is 4.00. The summed E-state index contributed by atoms with van der Waals surface area (Å²) in [5.41, 5.74) is 1.86. The molecule has 1 heterocycles. The summed E-state index contributed by atoms with van der Waals surface area (Å²) in [6, 6.07) is 17.0. The molecule has 1 aromatic heterocycles. The first-order chi connectivity index (χ1) is 12.7. The van der Waals surface area contributed by atoms with Gasteiger partial charge in [0.05, 0.1) is 18.5 Å². The van der Waals surface area contributed by atoms with E-state index in [-0.39, 0.29) is 5.91 Å². The van der Waals surface area contributed by atoms with Crippen LogP contribution in [0.1, 0.15) is 18.4 Å². The standard InChI is InChI=1S/C20H20ClN3O2/c21-17-8-10-18(11-9-17)24-15-16(14-23-24)13-22-20(25)7-4-12-26-19-5-2-1-3-6-19/h1-3,5-6,8-11,14-15H,4,7,12-13H2,(H,22,25). The number of benzene rings is 2. The minimum absolute atomic E-state index is 0.000838. The Morgan fingerprint density at radius 1 is 1.12 bits per heavy atom. The number of ether oxygens (including phenoxy) is 1. The number of para-hydroxylation sites is 1. The Balaban J connectivity index is 1.38. The monoisotopic (exact) mass is 369 g/mol. The third-order valence-corrected chi connectivity index (χ3v) is 4.03. The van der Waals surface area contributed by atoms with E-state index in [9.17, 15) is 4.79 Å². The third-order valence-electron chi connectivity index (χ3n) is 3.78. The van der Waals surface area contributed by atoms with Crippen molar-refractivity contribution in [2.24, 2.45) is 0 Å². The number of hydrogen-bond donors (Lipinski definition) is 1. The molecule has 6 heteroatoms. The third kappa shape index (κ3) is 5.36. The van der Waals surface area contributed by atoms with Crippen molar-refractivity contribution >= 4 is 17.5 Å². The lowest BCUT2D eigenvalue weighted by molar-refractivity contribution is -0.121. The molecule has 0 atom stereocenters. The minimum Gasteiger partial charge on any atom is -0.494 e. The average molecular weight is 370 g/mol. The molecule has 0 unspecified atom stereocenters. The summed E-state index contributed by atoms with van der Waals surface area (Å²) >= 11 is 5.89. The second-order valence-corrected chi connectivity index (χ2v) is 6.25. The summed E-state index contributed by atoms with van der Waals surface area (Å²) < 4.78 is 7.33. The lowest BCUT2D eigenvalue weighted by Gasteiger charge is -2.06. The second-order valence-electron chi connectivity index (χ2n) is 5.81. The maximum atomic E-state index is 11.9. The van der Waals surface area contributed by atoms with Crippen LogP contribution in [-0.4, -0.2) is 22.3 Å². The highest BCUT2D eigenvalue weighted by Crippen LogP contribution is 2.13. The van der Waals surface area contributed by atoms with Crippen molar-refractivity contribution in [2.45, 2.75) is 19.4 Å². The van der Waals surface area contributed by atoms with Crippen LogP contribution in [0.25, 0.3) is 5.69 Å². The van der Waals surface area contributed by atoms with E-state index in [4.69, 9.17) is 16.3 Å². The molecule has 26 heavy (non-hydrogen) atoms. The number of hydrogen-bond acceptors (Lipinski definition) is 3. The number of nitrogens with zero attached hydrogens (tertiary/aromatic N) is 2. The Hall–Kier alpha value is -2.79. The Kier molecular flexibility index (Phi) is 6.28. The molecule has 134 valence electrons. The van der Waals surface area contributed by atoms with Gasteiger partial charge in [-0.1, -0.05) is 29.8 Å². The first-order valence-electron chi connectivity index (χ1n) is 8.45. The number of rotatable bonds is 8. The van der Waals surface area contributed by atoms with E-state index in [0.717, 1.165) is 17.0 Å². The van der Waals surface area contributed by atoms with Crippen LogP contribution in [0.15, 0.2) is 67.0 Å². The van der Waals surface area contributed by atoms with Gasteiger partial charge in [0, 0.05) is 29.7 Å². The van der Waals surface area contributed by atoms with Crippen molar-refractivity contribution in [1.29, 1.82) is 0 Å². The van der Waals surface area contributed by atoms with E-state index in [1.165, 1.54) is 0 Å². The van der Waals surface area contributed by atoms with Crippen molar-refractivity contribution in [3.05, 3.63) is 77.6 Å². The highest BCUT2D eigenvalue weighted by atomic mass is 35.5. The molecule has 0 spiro atoms. The fourth-order valence-electron chi connectivity index (χ4n) is 2.41. The summed E-state index contributed by atoms with van der Waals surface area (Å²) in [6.45, 7) is 0.970. The summed E-state index contributed by atoms with van der Waals surface area (Å²) in [5.74, 6) is 0.823. The number of amides is 1. The molecule has 3 aromatic rings. The lowest BCUT2D eigenvalue weighted by Crippen LogP contribution is -2.22. The van der Waals surface area contributed by atoms with Crippen LogP contribution in [0.4, 0.5) is 0 Å². The predicted molar refractivity (Wildman–Crippen MR) is 102 cm³/mol. The van der Waals surface area contributed by atoms with Gasteiger partial charge in [0.2, 0.25) is 5.91 Å². The molecule has 0 radical (unpaired) electrons. The zero-order valence-electron chi connectivity index (χ0n) is 14.3. The van der Waals surface area contributed by atoms with Crippen molar-refractivity contribution in [1.82, 2.24) is 15.1 Å². The van der Waals surface area contributed by atoms with Gasteiger partial charge < -0.3 is 10.1 Å². The summed E-state index contributed by atoms with van der Waals surface area (Å²) in [5, 5.41) is 7.89. The van der Waals surface area contributed by atoms with Gasteiger partial charge in [-0.2, -0.15) is 5.10 Å². The van der Waals surface area contributed by atoms with E-state index in [2.05, 4.69) is 10.4 Å². The van der Waals surface area contributed by atoms with Gasteiger partial charge in [0.15, 0.2) is 0 Å². The molecule has 0 saturated heterocycles. The van der Waals surface area contributed by atoms with Crippen molar-refractivity contribution < 1.29 is 9.53 Å². The molecule has 3 rings (SSSR count). The van der Waals surface area contributed by atoms with Crippen LogP contribution in [0, 0.1) is 0 Å². The van der Waals surface area contributed by atoms with Gasteiger partial charge >= 0.3 is 0 Å². The molecule has 0 aliphatic heterocycles. The molecule has 1 N–H and O–H groups in total. The van der Waals surface area contributed by atoms with Crippen LogP contribution in [0.3, 0.4) is 0 Å². The van der Waals surface area contributed by atoms with Crippen LogP contribution in [0.5, 0.6) is 5.75 Å². The lowest BCUT2D eigenvalue weighted by atomic mass is 10.3. The van der Waals surface area contributed by atoms with Crippen LogP contribution in [-0.2, 0) is 11.3 Å². The molecular formula is C20H20ClN3O2. The van der Waals surface area contributed by atoms with E-state index >= 15 is 0 Å². The molecule has 2 aromatic carbocycles. The Bertz CT molecular complexity index is 832. The fraction of sp³-hybridized carbons (Fsp3) is 0.200. The fourth-order valence-corrected chi connectivity index (χ4v) is 2.54. The first-order valence-corrected chi connectivity index (χ1v) is 8.82. The first kappa shape index (κ1) is 18.0. The maximum Gasteiger partial charge on any atom is 0.220 e. The van der Waals surface area contributed by atoms with Crippen molar-refractivity contribution in [3.63, 3.8) is 0 Å². The summed E-state index contributed by atoms with van der Waals surface area (Å²) in [7, 11) is 0. The van der Waals surface area contributed by atoms with Crippen LogP contribution < -0.4 is 10.1 Å². The highest BCUT2D eigenvalue weighted by molar-refractivity contribution is 6.30. The molecular weight excluding hydrogens is 350 g/mol. The number of nitrogens with one attached hydrogen (secondary N) is 1. The molecule has 5 nitrogen and oxygen atoms in total. The highest BCUT2D eigenvalue weighted by Gasteiger charge is 2.05. The Morgan fingerprint density at radius 3 is 2.65 bits per heavy atom. The number of carbonyl (C=O) groups excluding carboxylic acids is 1. The van der Waals surface area contributed by atoms with E-state index in [1.807, 2.05) is 60.8 Å². The zero-order valence-corrected chi connectivity index (χ0v) is 15.0. The van der Waals surface area contributed by atoms with E-state index < -0.39 is 0 Å². The Morgan fingerprint density at radius 2 is 1.88 bits per heavy atom. The van der Waals surface area contributed by atoms with Gasteiger partial charge in [-0.05, 0) is 42.8 Å². The van der Waals surface area contributed by atoms with E-state index in [1.54, 1.807) is 10.9 Å². The van der Waals surface area contributed by atoms with Gasteiger partial charge in [-0.3, -0.25) is 4.79 Å². The molecule has 0 aliphatic carbocycles. The minimum atomic E-state index is 0.000838. The Labute approximate surface area is 157 Å². The van der Waals surface area contributed by atoms with Gasteiger partial charge in [-0.25, -0.2) is 4.68 Å². The zero-order chi connectivity index (χ0) is 18.2. The van der Waals surface area contributed by atoms with Crippen LogP contribution >= 0.6 is 11.6 Å². The van der Waals surface area contributed by atoms with Gasteiger partial charge in [0.1, 0.15) is 5.75 Å². The van der Waals surface area contributed by atoms with Crippen molar-refractivity contribution in [2.75, 3.05) is 6.61 Å². The van der Waals surface area contributed by atoms with Crippen LogP contribution in [0.2, 0.25) is 5.02 Å². The number of halogens is 1. The quantitative estimate of drug-likeness (QED) is 0.610. The summed E-state index contributed by atoms with van der Waals surface area (Å²) in [6.07, 6.45) is 4.73. The SMILES string of the molecule is O=C(CCCOc1ccccc1)NCc1cnn(-c2ccc(Cl)cc2)c1.